The normalized spacial score (nSPS) is 20.6. The molecule has 0 aromatic heterocycles. The highest BCUT2D eigenvalue weighted by molar-refractivity contribution is 5.73. The molecule has 0 spiro atoms. The summed E-state index contributed by atoms with van der Waals surface area (Å²) in [7, 11) is 0. The summed E-state index contributed by atoms with van der Waals surface area (Å²) in [5, 5.41) is 39.7. The van der Waals surface area contributed by atoms with Gasteiger partial charge in [0.15, 0.2) is 18.5 Å². The number of carboxylic acids is 1. The fourth-order valence-electron chi connectivity index (χ4n) is 6.64. The summed E-state index contributed by atoms with van der Waals surface area (Å²) in [6.07, 6.45) is 25.5. The molecule has 0 saturated carbocycles. The lowest BCUT2D eigenvalue weighted by Crippen LogP contribution is -2.60. The van der Waals surface area contributed by atoms with E-state index in [2.05, 4.69) is 26.0 Å². The highest BCUT2D eigenvalue weighted by Gasteiger charge is 2.47. The molecular weight excluding hydrogens is 692 g/mol. The Morgan fingerprint density at radius 1 is 0.556 bits per heavy atom. The molecule has 0 amide bonds. The molecule has 0 aromatic carbocycles. The van der Waals surface area contributed by atoms with Gasteiger partial charge in [0.25, 0.3) is 0 Å². The summed E-state index contributed by atoms with van der Waals surface area (Å²) in [6.45, 7) is 3.80. The highest BCUT2D eigenvalue weighted by Crippen LogP contribution is 2.23. The fraction of sp³-hybridized carbons (Fsp3) is 0.884. The number of carboxylic acid groups (broad SMARTS) is 1. The third-order valence-electron chi connectivity index (χ3n) is 10.1. The quantitative estimate of drug-likeness (QED) is 0.0273. The highest BCUT2D eigenvalue weighted by atomic mass is 16.7. The molecule has 4 N–H and O–H groups in total. The number of hydrogen-bond donors (Lipinski definition) is 4. The first kappa shape index (κ1) is 50.0. The second-order valence-corrected chi connectivity index (χ2v) is 15.2. The fourth-order valence-corrected chi connectivity index (χ4v) is 6.64. The molecule has 1 heterocycles. The van der Waals surface area contributed by atoms with E-state index in [0.717, 1.165) is 57.8 Å². The number of allylic oxidation sites excluding steroid dienone is 2. The number of carbonyl (C=O) groups is 3. The standard InChI is InChI=1S/C43H78O11/c1-3-5-7-9-11-13-15-17-18-20-21-23-25-27-29-31-36(44)51-33-35(34-52-43-40(48)38(46)39(47)41(54-43)42(49)50)53-37(45)32-30-28-26-24-22-19-16-14-12-10-8-6-4-2/h17-18,35,38-41,43,46-48H,3-16,19-34H2,1-2H3,(H,49,50)/b18-17-. The number of aliphatic hydroxyl groups is 3. The van der Waals surface area contributed by atoms with Gasteiger partial charge >= 0.3 is 17.9 Å². The van der Waals surface area contributed by atoms with Crippen molar-refractivity contribution in [3.05, 3.63) is 12.2 Å². The molecule has 6 atom stereocenters. The van der Waals surface area contributed by atoms with Crippen molar-refractivity contribution >= 4 is 17.9 Å². The molecule has 1 aliphatic rings. The molecule has 0 bridgehead atoms. The van der Waals surface area contributed by atoms with Gasteiger partial charge < -0.3 is 39.4 Å². The van der Waals surface area contributed by atoms with Gasteiger partial charge in [-0.05, 0) is 38.5 Å². The molecule has 0 radical (unpaired) electrons. The van der Waals surface area contributed by atoms with E-state index in [4.69, 9.17) is 18.9 Å². The maximum atomic E-state index is 12.7. The van der Waals surface area contributed by atoms with Crippen molar-refractivity contribution in [3.8, 4) is 0 Å². The lowest BCUT2D eigenvalue weighted by atomic mass is 9.99. The van der Waals surface area contributed by atoms with E-state index in [-0.39, 0.29) is 26.1 Å². The topological polar surface area (TPSA) is 169 Å². The van der Waals surface area contributed by atoms with Crippen LogP contribution in [-0.2, 0) is 33.3 Å². The van der Waals surface area contributed by atoms with Crippen LogP contribution in [0.4, 0.5) is 0 Å². The van der Waals surface area contributed by atoms with E-state index < -0.39 is 54.7 Å². The Bertz CT molecular complexity index is 958. The van der Waals surface area contributed by atoms with E-state index >= 15 is 0 Å². The number of aliphatic carboxylic acids is 1. The van der Waals surface area contributed by atoms with Crippen LogP contribution in [0.2, 0.25) is 0 Å². The van der Waals surface area contributed by atoms with Crippen LogP contribution in [0.1, 0.15) is 194 Å². The summed E-state index contributed by atoms with van der Waals surface area (Å²) in [5.41, 5.74) is 0. The summed E-state index contributed by atoms with van der Waals surface area (Å²) in [4.78, 5) is 36.7. The van der Waals surface area contributed by atoms with Crippen LogP contribution in [0, 0.1) is 0 Å². The van der Waals surface area contributed by atoms with Crippen molar-refractivity contribution in [2.24, 2.45) is 0 Å². The Hall–Kier alpha value is -2.05. The first-order valence-corrected chi connectivity index (χ1v) is 21.7. The Morgan fingerprint density at radius 2 is 0.981 bits per heavy atom. The molecule has 1 aliphatic heterocycles. The number of ether oxygens (including phenoxy) is 4. The molecule has 11 nitrogen and oxygen atoms in total. The van der Waals surface area contributed by atoms with Crippen LogP contribution in [0.25, 0.3) is 0 Å². The molecule has 6 unspecified atom stereocenters. The van der Waals surface area contributed by atoms with Gasteiger partial charge in [-0.3, -0.25) is 9.59 Å². The SMILES string of the molecule is CCCCCCCC/C=C\CCCCCCCC(=O)OCC(COC1OC(C(=O)O)C(O)C(O)C1O)OC(=O)CCCCCCCCCCCCCCC. The van der Waals surface area contributed by atoms with Crippen molar-refractivity contribution in [2.75, 3.05) is 13.2 Å². The number of esters is 2. The summed E-state index contributed by atoms with van der Waals surface area (Å²) >= 11 is 0. The van der Waals surface area contributed by atoms with Gasteiger partial charge in [-0.15, -0.1) is 0 Å². The average molecular weight is 771 g/mol. The lowest BCUT2D eigenvalue weighted by molar-refractivity contribution is -0.298. The second kappa shape index (κ2) is 34.2. The predicted octanol–water partition coefficient (Wildman–Crippen LogP) is 8.87. The lowest BCUT2D eigenvalue weighted by Gasteiger charge is -2.38. The van der Waals surface area contributed by atoms with Gasteiger partial charge in [0.05, 0.1) is 6.61 Å². The average Bonchev–Trinajstić information content (AvgIpc) is 3.15. The van der Waals surface area contributed by atoms with Crippen LogP contribution in [0.15, 0.2) is 12.2 Å². The zero-order valence-electron chi connectivity index (χ0n) is 34.0. The van der Waals surface area contributed by atoms with E-state index in [9.17, 15) is 34.8 Å². The van der Waals surface area contributed by atoms with Gasteiger partial charge in [-0.1, -0.05) is 154 Å². The second-order valence-electron chi connectivity index (χ2n) is 15.2. The number of aliphatic hydroxyl groups excluding tert-OH is 3. The van der Waals surface area contributed by atoms with Crippen molar-refractivity contribution in [1.82, 2.24) is 0 Å². The molecule has 1 rings (SSSR count). The van der Waals surface area contributed by atoms with Crippen molar-refractivity contribution in [1.29, 1.82) is 0 Å². The molecule has 0 aliphatic carbocycles. The maximum absolute atomic E-state index is 12.7. The Kier molecular flexibility index (Phi) is 31.7. The number of unbranched alkanes of at least 4 members (excludes halogenated alkanes) is 23. The number of carbonyl (C=O) groups excluding carboxylic acids is 2. The van der Waals surface area contributed by atoms with Gasteiger partial charge in [0.1, 0.15) is 24.9 Å². The number of hydrogen-bond acceptors (Lipinski definition) is 10. The van der Waals surface area contributed by atoms with Crippen LogP contribution in [-0.4, -0.2) is 88.4 Å². The Labute approximate surface area is 326 Å². The smallest absolute Gasteiger partial charge is 0.335 e. The minimum absolute atomic E-state index is 0.186. The van der Waals surface area contributed by atoms with E-state index in [1.807, 2.05) is 0 Å². The molecular formula is C43H78O11. The maximum Gasteiger partial charge on any atom is 0.335 e. The first-order valence-electron chi connectivity index (χ1n) is 21.7. The summed E-state index contributed by atoms with van der Waals surface area (Å²) < 4.78 is 21.7. The van der Waals surface area contributed by atoms with Crippen molar-refractivity contribution < 1.29 is 53.8 Å². The molecule has 54 heavy (non-hydrogen) atoms. The van der Waals surface area contributed by atoms with Crippen LogP contribution < -0.4 is 0 Å². The zero-order chi connectivity index (χ0) is 39.7. The molecule has 0 aromatic rings. The number of rotatable bonds is 36. The molecule has 1 saturated heterocycles. The zero-order valence-corrected chi connectivity index (χ0v) is 34.0. The predicted molar refractivity (Wildman–Crippen MR) is 211 cm³/mol. The van der Waals surface area contributed by atoms with E-state index in [1.165, 1.54) is 96.3 Å². The summed E-state index contributed by atoms with van der Waals surface area (Å²) in [5.74, 6) is -2.44. The molecule has 316 valence electrons. The monoisotopic (exact) mass is 771 g/mol. The van der Waals surface area contributed by atoms with Crippen molar-refractivity contribution in [2.45, 2.75) is 230 Å². The van der Waals surface area contributed by atoms with Crippen LogP contribution >= 0.6 is 0 Å². The largest absolute Gasteiger partial charge is 0.479 e. The molecule has 1 fully saturated rings. The Balaban J connectivity index is 2.39. The minimum atomic E-state index is -1.86. The summed E-state index contributed by atoms with van der Waals surface area (Å²) in [6, 6.07) is 0. The van der Waals surface area contributed by atoms with Gasteiger partial charge in [-0.2, -0.15) is 0 Å². The van der Waals surface area contributed by atoms with Gasteiger partial charge in [-0.25, -0.2) is 4.79 Å². The van der Waals surface area contributed by atoms with E-state index in [0.29, 0.717) is 12.8 Å². The van der Waals surface area contributed by atoms with Crippen LogP contribution in [0.5, 0.6) is 0 Å². The minimum Gasteiger partial charge on any atom is -0.479 e. The third kappa shape index (κ3) is 25.9. The Morgan fingerprint density at radius 3 is 1.44 bits per heavy atom. The first-order chi connectivity index (χ1) is 26.2. The van der Waals surface area contributed by atoms with E-state index in [1.54, 1.807) is 0 Å². The van der Waals surface area contributed by atoms with Gasteiger partial charge in [0.2, 0.25) is 0 Å². The van der Waals surface area contributed by atoms with Crippen molar-refractivity contribution in [3.63, 3.8) is 0 Å². The third-order valence-corrected chi connectivity index (χ3v) is 10.1. The van der Waals surface area contributed by atoms with Gasteiger partial charge in [0, 0.05) is 12.8 Å². The van der Waals surface area contributed by atoms with Crippen LogP contribution in [0.3, 0.4) is 0 Å². The molecule has 11 heteroatoms.